The molecule has 1 aliphatic heterocycles. The highest BCUT2D eigenvalue weighted by Gasteiger charge is 2.35. The van der Waals surface area contributed by atoms with Crippen molar-refractivity contribution in [2.75, 3.05) is 0 Å². The Morgan fingerprint density at radius 1 is 1.25 bits per heavy atom. The molecule has 0 radical (unpaired) electrons. The second kappa shape index (κ2) is 7.04. The molecule has 0 aromatic heterocycles. The van der Waals surface area contributed by atoms with E-state index in [-0.39, 0.29) is 24.0 Å². The Labute approximate surface area is 120 Å². The van der Waals surface area contributed by atoms with Gasteiger partial charge in [0.15, 0.2) is 0 Å². The molecule has 0 unspecified atom stereocenters. The average Bonchev–Trinajstić information content (AvgIpc) is 2.76. The number of aliphatic hydroxyl groups is 2. The van der Waals surface area contributed by atoms with Gasteiger partial charge in [-0.25, -0.2) is 4.79 Å². The zero-order chi connectivity index (χ0) is 14.5. The van der Waals surface area contributed by atoms with Crippen molar-refractivity contribution < 1.29 is 19.7 Å². The van der Waals surface area contributed by atoms with Gasteiger partial charge in [0.05, 0.1) is 18.3 Å². The molecule has 1 heterocycles. The minimum absolute atomic E-state index is 0.0246. The van der Waals surface area contributed by atoms with Crippen LogP contribution in [0.3, 0.4) is 0 Å². The Morgan fingerprint density at radius 2 is 2.05 bits per heavy atom. The highest BCUT2D eigenvalue weighted by Crippen LogP contribution is 2.36. The number of carbonyl (C=O) groups is 1. The van der Waals surface area contributed by atoms with Crippen molar-refractivity contribution in [2.24, 2.45) is 11.8 Å². The molecule has 2 N–H and O–H groups in total. The lowest BCUT2D eigenvalue weighted by atomic mass is 9.90. The molecule has 0 amide bonds. The lowest BCUT2D eigenvalue weighted by Gasteiger charge is -2.19. The standard InChI is InChI=1S/C16H24O4/c1-11-5-3-2-4-6-12-9-13(17)10-14(12)15(18)7-8-16(19)20-11/h4,6-8,11-15,17-18H,2-3,5,9-10H2,1H3/b6-4+,8-7?/t11-,12+,13-,14-,15+/m0/s1. The maximum atomic E-state index is 11.6. The van der Waals surface area contributed by atoms with Crippen LogP contribution in [0.4, 0.5) is 0 Å². The lowest BCUT2D eigenvalue weighted by molar-refractivity contribution is -0.142. The van der Waals surface area contributed by atoms with Gasteiger partial charge in [-0.05, 0) is 56.9 Å². The second-order valence-electron chi connectivity index (χ2n) is 5.91. The molecule has 4 heteroatoms. The van der Waals surface area contributed by atoms with Crippen LogP contribution in [-0.4, -0.2) is 34.5 Å². The molecule has 5 atom stereocenters. The summed E-state index contributed by atoms with van der Waals surface area (Å²) in [7, 11) is 0. The first-order valence-electron chi connectivity index (χ1n) is 7.48. The number of hydrogen-bond acceptors (Lipinski definition) is 4. The van der Waals surface area contributed by atoms with Crippen LogP contribution in [0.2, 0.25) is 0 Å². The number of esters is 1. The van der Waals surface area contributed by atoms with E-state index >= 15 is 0 Å². The van der Waals surface area contributed by atoms with Crippen LogP contribution in [0.1, 0.15) is 39.0 Å². The van der Waals surface area contributed by atoms with Crippen LogP contribution in [0, 0.1) is 11.8 Å². The lowest BCUT2D eigenvalue weighted by Crippen LogP contribution is -2.21. The van der Waals surface area contributed by atoms with Crippen molar-refractivity contribution in [1.82, 2.24) is 0 Å². The predicted molar refractivity (Wildman–Crippen MR) is 75.9 cm³/mol. The molecule has 2 rings (SSSR count). The molecule has 0 aromatic rings. The molecular formula is C16H24O4. The number of aliphatic hydroxyl groups excluding tert-OH is 2. The molecule has 0 aromatic carbocycles. The van der Waals surface area contributed by atoms with E-state index in [9.17, 15) is 15.0 Å². The summed E-state index contributed by atoms with van der Waals surface area (Å²) in [4.78, 5) is 11.6. The number of carbonyl (C=O) groups excluding carboxylic acids is 1. The second-order valence-corrected chi connectivity index (χ2v) is 5.91. The van der Waals surface area contributed by atoms with Crippen LogP contribution in [0.25, 0.3) is 0 Å². The first-order chi connectivity index (χ1) is 9.56. The van der Waals surface area contributed by atoms with Gasteiger partial charge in [0.2, 0.25) is 0 Å². The largest absolute Gasteiger partial charge is 0.460 e. The molecule has 0 spiro atoms. The zero-order valence-electron chi connectivity index (χ0n) is 11.9. The highest BCUT2D eigenvalue weighted by atomic mass is 16.5. The number of allylic oxidation sites excluding steroid dienone is 2. The molecule has 0 saturated heterocycles. The van der Waals surface area contributed by atoms with Crippen molar-refractivity contribution >= 4 is 5.97 Å². The molecule has 0 bridgehead atoms. The maximum absolute atomic E-state index is 11.6. The number of ether oxygens (including phenoxy) is 1. The third-order valence-electron chi connectivity index (χ3n) is 4.19. The van der Waals surface area contributed by atoms with E-state index in [1.807, 2.05) is 6.92 Å². The quantitative estimate of drug-likeness (QED) is 0.526. The highest BCUT2D eigenvalue weighted by molar-refractivity contribution is 5.82. The normalized spacial score (nSPS) is 41.0. The number of fused-ring (bicyclic) bond motifs is 1. The van der Waals surface area contributed by atoms with Gasteiger partial charge >= 0.3 is 5.97 Å². The van der Waals surface area contributed by atoms with Crippen LogP contribution in [0.5, 0.6) is 0 Å². The summed E-state index contributed by atoms with van der Waals surface area (Å²) in [5.41, 5.74) is 0. The summed E-state index contributed by atoms with van der Waals surface area (Å²) in [6.45, 7) is 1.89. The van der Waals surface area contributed by atoms with E-state index in [4.69, 9.17) is 4.74 Å². The molecule has 112 valence electrons. The summed E-state index contributed by atoms with van der Waals surface area (Å²) in [5.74, 6) is -0.249. The van der Waals surface area contributed by atoms with Crippen LogP contribution in [0.15, 0.2) is 24.3 Å². The molecule has 1 aliphatic carbocycles. The van der Waals surface area contributed by atoms with E-state index in [0.717, 1.165) is 19.3 Å². The third kappa shape index (κ3) is 4.18. The Balaban J connectivity index is 2.11. The monoisotopic (exact) mass is 280 g/mol. The smallest absolute Gasteiger partial charge is 0.330 e. The molecule has 20 heavy (non-hydrogen) atoms. The fourth-order valence-corrected chi connectivity index (χ4v) is 3.10. The number of hydrogen-bond donors (Lipinski definition) is 2. The Morgan fingerprint density at radius 3 is 2.85 bits per heavy atom. The van der Waals surface area contributed by atoms with Gasteiger partial charge in [-0.15, -0.1) is 0 Å². The zero-order valence-corrected chi connectivity index (χ0v) is 11.9. The van der Waals surface area contributed by atoms with Crippen LogP contribution in [-0.2, 0) is 9.53 Å². The van der Waals surface area contributed by atoms with Gasteiger partial charge in [-0.2, -0.15) is 0 Å². The minimum Gasteiger partial charge on any atom is -0.460 e. The molecule has 2 aliphatic rings. The summed E-state index contributed by atoms with van der Waals surface area (Å²) >= 11 is 0. The van der Waals surface area contributed by atoms with Crippen LogP contribution < -0.4 is 0 Å². The van der Waals surface area contributed by atoms with E-state index < -0.39 is 12.1 Å². The SMILES string of the molecule is C[C@H]1CCC/C=C/[C@@H]2C[C@H](O)C[C@@H]2[C@H](O)C=CC(=O)O1. The summed E-state index contributed by atoms with van der Waals surface area (Å²) < 4.78 is 5.23. The fourth-order valence-electron chi connectivity index (χ4n) is 3.10. The summed E-state index contributed by atoms with van der Waals surface area (Å²) in [6.07, 6.45) is 9.87. The summed E-state index contributed by atoms with van der Waals surface area (Å²) in [5, 5.41) is 20.0. The number of cyclic esters (lactones) is 1. The third-order valence-corrected chi connectivity index (χ3v) is 4.19. The predicted octanol–water partition coefficient (Wildman–Crippen LogP) is 1.96. The van der Waals surface area contributed by atoms with Gasteiger partial charge < -0.3 is 14.9 Å². The topological polar surface area (TPSA) is 66.8 Å². The van der Waals surface area contributed by atoms with E-state index in [2.05, 4.69) is 12.2 Å². The Kier molecular flexibility index (Phi) is 5.38. The van der Waals surface area contributed by atoms with Crippen molar-refractivity contribution in [1.29, 1.82) is 0 Å². The van der Waals surface area contributed by atoms with Crippen molar-refractivity contribution in [3.63, 3.8) is 0 Å². The Bertz CT molecular complexity index is 388. The molecule has 4 nitrogen and oxygen atoms in total. The van der Waals surface area contributed by atoms with E-state index in [1.165, 1.54) is 12.2 Å². The fraction of sp³-hybridized carbons (Fsp3) is 0.688. The van der Waals surface area contributed by atoms with Gasteiger partial charge in [0, 0.05) is 6.08 Å². The number of rotatable bonds is 0. The van der Waals surface area contributed by atoms with Crippen molar-refractivity contribution in [3.8, 4) is 0 Å². The summed E-state index contributed by atoms with van der Waals surface area (Å²) in [6, 6.07) is 0. The van der Waals surface area contributed by atoms with E-state index in [1.54, 1.807) is 0 Å². The van der Waals surface area contributed by atoms with E-state index in [0.29, 0.717) is 12.8 Å². The molecule has 1 fully saturated rings. The Hall–Kier alpha value is -1.13. The van der Waals surface area contributed by atoms with Gasteiger partial charge in [-0.3, -0.25) is 0 Å². The molecular weight excluding hydrogens is 256 g/mol. The first-order valence-corrected chi connectivity index (χ1v) is 7.48. The average molecular weight is 280 g/mol. The van der Waals surface area contributed by atoms with Crippen molar-refractivity contribution in [2.45, 2.75) is 57.3 Å². The van der Waals surface area contributed by atoms with Gasteiger partial charge in [0.25, 0.3) is 0 Å². The van der Waals surface area contributed by atoms with Crippen LogP contribution >= 0.6 is 0 Å². The van der Waals surface area contributed by atoms with Gasteiger partial charge in [0.1, 0.15) is 0 Å². The maximum Gasteiger partial charge on any atom is 0.330 e. The van der Waals surface area contributed by atoms with Gasteiger partial charge in [-0.1, -0.05) is 12.2 Å². The minimum atomic E-state index is -0.717. The molecule has 1 saturated carbocycles. The van der Waals surface area contributed by atoms with Crippen molar-refractivity contribution in [3.05, 3.63) is 24.3 Å². The first kappa shape index (κ1) is 15.3.